The number of anilines is 1. The van der Waals surface area contributed by atoms with Gasteiger partial charge in [-0.1, -0.05) is 41.9 Å². The Morgan fingerprint density at radius 1 is 1.17 bits per heavy atom. The van der Waals surface area contributed by atoms with Crippen molar-refractivity contribution in [3.63, 3.8) is 0 Å². The Balaban J connectivity index is 1.69. The number of pyridine rings is 1. The number of nitrogens with one attached hydrogen (secondary N) is 1. The SMILES string of the molecule is Cc1cc(C(=O)O[C@@H](C)C(=O)Nc2cccnc2Cl)c(C)n1Cc1ccccc1. The van der Waals surface area contributed by atoms with E-state index in [-0.39, 0.29) is 5.15 Å². The van der Waals surface area contributed by atoms with Crippen LogP contribution in [0.25, 0.3) is 0 Å². The number of amides is 1. The average Bonchev–Trinajstić information content (AvgIpc) is 2.98. The van der Waals surface area contributed by atoms with E-state index in [0.29, 0.717) is 17.8 Å². The van der Waals surface area contributed by atoms with E-state index < -0.39 is 18.0 Å². The van der Waals surface area contributed by atoms with Gasteiger partial charge < -0.3 is 14.6 Å². The molecule has 1 N–H and O–H groups in total. The van der Waals surface area contributed by atoms with Crippen LogP contribution in [-0.4, -0.2) is 27.5 Å². The maximum atomic E-state index is 12.7. The number of aryl methyl sites for hydroxylation is 1. The fraction of sp³-hybridized carbons (Fsp3) is 0.227. The van der Waals surface area contributed by atoms with E-state index in [1.165, 1.54) is 13.1 Å². The highest BCUT2D eigenvalue weighted by atomic mass is 35.5. The van der Waals surface area contributed by atoms with Crippen molar-refractivity contribution >= 4 is 29.2 Å². The highest BCUT2D eigenvalue weighted by Gasteiger charge is 2.23. The molecule has 1 aromatic carbocycles. The Morgan fingerprint density at radius 3 is 2.59 bits per heavy atom. The zero-order valence-electron chi connectivity index (χ0n) is 16.5. The third-order valence-corrected chi connectivity index (χ3v) is 4.95. The number of carbonyl (C=O) groups is 2. The van der Waals surface area contributed by atoms with E-state index in [1.807, 2.05) is 48.7 Å². The molecule has 0 bridgehead atoms. The normalized spacial score (nSPS) is 11.7. The molecule has 0 aliphatic carbocycles. The summed E-state index contributed by atoms with van der Waals surface area (Å²) in [6.07, 6.45) is 0.531. The third kappa shape index (κ3) is 4.84. The Morgan fingerprint density at radius 2 is 1.90 bits per heavy atom. The molecule has 7 heteroatoms. The summed E-state index contributed by atoms with van der Waals surface area (Å²) < 4.78 is 7.43. The van der Waals surface area contributed by atoms with Crippen molar-refractivity contribution < 1.29 is 14.3 Å². The van der Waals surface area contributed by atoms with Gasteiger partial charge in [-0.2, -0.15) is 0 Å². The molecule has 3 aromatic rings. The molecule has 0 saturated heterocycles. The fourth-order valence-corrected chi connectivity index (χ4v) is 3.17. The lowest BCUT2D eigenvalue weighted by atomic mass is 10.2. The lowest BCUT2D eigenvalue weighted by molar-refractivity contribution is -0.123. The van der Waals surface area contributed by atoms with Crippen molar-refractivity contribution in [3.05, 3.63) is 82.4 Å². The van der Waals surface area contributed by atoms with Crippen LogP contribution in [0.3, 0.4) is 0 Å². The van der Waals surface area contributed by atoms with Crippen LogP contribution < -0.4 is 5.32 Å². The predicted molar refractivity (Wildman–Crippen MR) is 112 cm³/mol. The van der Waals surface area contributed by atoms with E-state index in [1.54, 1.807) is 18.2 Å². The number of hydrogen-bond acceptors (Lipinski definition) is 4. The van der Waals surface area contributed by atoms with Crippen LogP contribution >= 0.6 is 11.6 Å². The number of nitrogens with zero attached hydrogens (tertiary/aromatic N) is 2. The molecule has 1 atom stereocenters. The first-order valence-electron chi connectivity index (χ1n) is 9.20. The number of esters is 1. The minimum atomic E-state index is -0.990. The van der Waals surface area contributed by atoms with Gasteiger partial charge in [0.2, 0.25) is 0 Å². The molecule has 0 unspecified atom stereocenters. The average molecular weight is 412 g/mol. The monoisotopic (exact) mass is 411 g/mol. The molecular weight excluding hydrogens is 390 g/mol. The largest absolute Gasteiger partial charge is 0.449 e. The summed E-state index contributed by atoms with van der Waals surface area (Å²) >= 11 is 5.95. The van der Waals surface area contributed by atoms with E-state index >= 15 is 0 Å². The van der Waals surface area contributed by atoms with Crippen LogP contribution in [0.15, 0.2) is 54.7 Å². The molecule has 2 heterocycles. The van der Waals surface area contributed by atoms with E-state index in [4.69, 9.17) is 16.3 Å². The van der Waals surface area contributed by atoms with Gasteiger partial charge in [-0.25, -0.2) is 9.78 Å². The van der Waals surface area contributed by atoms with Gasteiger partial charge in [-0.05, 0) is 44.5 Å². The van der Waals surface area contributed by atoms with Crippen LogP contribution in [0, 0.1) is 13.8 Å². The second-order valence-electron chi connectivity index (χ2n) is 6.74. The van der Waals surface area contributed by atoms with Crippen LogP contribution in [0.1, 0.15) is 34.2 Å². The molecular formula is C22H22ClN3O3. The lowest BCUT2D eigenvalue weighted by Crippen LogP contribution is -2.30. The van der Waals surface area contributed by atoms with Crippen molar-refractivity contribution in [2.75, 3.05) is 5.32 Å². The highest BCUT2D eigenvalue weighted by molar-refractivity contribution is 6.32. The highest BCUT2D eigenvalue weighted by Crippen LogP contribution is 2.20. The lowest BCUT2D eigenvalue weighted by Gasteiger charge is -2.14. The standard InChI is InChI=1S/C22H22ClN3O3/c1-14-12-18(15(2)26(14)13-17-8-5-4-6-9-17)22(28)29-16(3)21(27)25-19-10-7-11-24-20(19)23/h4-12,16H,13H2,1-3H3,(H,25,27)/t16-/m0/s1. The maximum absolute atomic E-state index is 12.7. The van der Waals surface area contributed by atoms with E-state index in [2.05, 4.69) is 10.3 Å². The number of halogens is 1. The molecule has 1 amide bonds. The van der Waals surface area contributed by atoms with Crippen molar-refractivity contribution in [3.8, 4) is 0 Å². The zero-order chi connectivity index (χ0) is 21.0. The van der Waals surface area contributed by atoms with E-state index in [0.717, 1.165) is 17.0 Å². The molecule has 6 nitrogen and oxygen atoms in total. The van der Waals surface area contributed by atoms with Gasteiger partial charge in [-0.3, -0.25) is 4.79 Å². The fourth-order valence-electron chi connectivity index (χ4n) is 3.01. The van der Waals surface area contributed by atoms with Gasteiger partial charge in [0.1, 0.15) is 0 Å². The minimum Gasteiger partial charge on any atom is -0.449 e. The molecule has 0 aliphatic heterocycles. The Labute approximate surface area is 174 Å². The first kappa shape index (κ1) is 20.6. The van der Waals surface area contributed by atoms with Gasteiger partial charge in [0.25, 0.3) is 5.91 Å². The van der Waals surface area contributed by atoms with Crippen LogP contribution in [0.4, 0.5) is 5.69 Å². The predicted octanol–water partition coefficient (Wildman–Crippen LogP) is 4.39. The Bertz CT molecular complexity index is 1030. The molecule has 2 aromatic heterocycles. The van der Waals surface area contributed by atoms with Crippen LogP contribution in [0.5, 0.6) is 0 Å². The van der Waals surface area contributed by atoms with E-state index in [9.17, 15) is 9.59 Å². The topological polar surface area (TPSA) is 73.2 Å². The number of benzene rings is 1. The molecule has 29 heavy (non-hydrogen) atoms. The molecule has 0 fully saturated rings. The molecule has 0 aliphatic rings. The Hall–Kier alpha value is -3.12. The maximum Gasteiger partial charge on any atom is 0.340 e. The summed E-state index contributed by atoms with van der Waals surface area (Å²) in [4.78, 5) is 28.9. The minimum absolute atomic E-state index is 0.170. The first-order valence-corrected chi connectivity index (χ1v) is 9.57. The molecule has 0 radical (unpaired) electrons. The second kappa shape index (κ2) is 8.92. The summed E-state index contributed by atoms with van der Waals surface area (Å²) in [5.74, 6) is -1.02. The van der Waals surface area contributed by atoms with Gasteiger partial charge in [-0.15, -0.1) is 0 Å². The number of rotatable bonds is 6. The van der Waals surface area contributed by atoms with Gasteiger partial charge in [0.05, 0.1) is 11.3 Å². The van der Waals surface area contributed by atoms with Gasteiger partial charge in [0, 0.05) is 24.1 Å². The smallest absolute Gasteiger partial charge is 0.340 e. The van der Waals surface area contributed by atoms with Gasteiger partial charge >= 0.3 is 5.97 Å². The van der Waals surface area contributed by atoms with Gasteiger partial charge in [0.15, 0.2) is 11.3 Å². The number of hydrogen-bond donors (Lipinski definition) is 1. The Kier molecular flexibility index (Phi) is 6.34. The quantitative estimate of drug-likeness (QED) is 0.482. The second-order valence-corrected chi connectivity index (χ2v) is 7.09. The summed E-state index contributed by atoms with van der Waals surface area (Å²) in [5, 5.41) is 2.79. The van der Waals surface area contributed by atoms with Crippen molar-refractivity contribution in [2.45, 2.75) is 33.4 Å². The van der Waals surface area contributed by atoms with Crippen LogP contribution in [0.2, 0.25) is 5.15 Å². The number of aromatic nitrogens is 2. The summed E-state index contributed by atoms with van der Waals surface area (Å²) in [7, 11) is 0. The van der Waals surface area contributed by atoms with Crippen molar-refractivity contribution in [2.24, 2.45) is 0 Å². The first-order chi connectivity index (χ1) is 13.9. The van der Waals surface area contributed by atoms with Crippen molar-refractivity contribution in [1.29, 1.82) is 0 Å². The summed E-state index contributed by atoms with van der Waals surface area (Å²) in [6, 6.07) is 15.1. The number of ether oxygens (including phenoxy) is 1. The molecule has 3 rings (SSSR count). The summed E-state index contributed by atoms with van der Waals surface area (Å²) in [5.41, 5.74) is 3.67. The van der Waals surface area contributed by atoms with Crippen LogP contribution in [-0.2, 0) is 16.1 Å². The molecule has 0 spiro atoms. The number of carbonyl (C=O) groups excluding carboxylic acids is 2. The molecule has 0 saturated carbocycles. The third-order valence-electron chi connectivity index (χ3n) is 4.65. The summed E-state index contributed by atoms with van der Waals surface area (Å²) in [6.45, 7) is 5.97. The zero-order valence-corrected chi connectivity index (χ0v) is 17.2. The van der Waals surface area contributed by atoms with Crippen molar-refractivity contribution in [1.82, 2.24) is 9.55 Å². The molecule has 150 valence electrons.